The Morgan fingerprint density at radius 1 is 1.06 bits per heavy atom. The molecule has 2 heterocycles. The number of carbonyl (C=O) groups is 3. The van der Waals surface area contributed by atoms with Gasteiger partial charge in [-0.05, 0) is 53.9 Å². The molecule has 0 unspecified atom stereocenters. The predicted octanol–water partition coefficient (Wildman–Crippen LogP) is 3.76. The second-order valence-corrected chi connectivity index (χ2v) is 7.77. The van der Waals surface area contributed by atoms with Gasteiger partial charge in [0.05, 0.1) is 12.2 Å². The number of hydrogen-bond acceptors (Lipinski definition) is 4. The third-order valence-electron chi connectivity index (χ3n) is 5.55. The number of furan rings is 1. The van der Waals surface area contributed by atoms with E-state index in [0.29, 0.717) is 18.8 Å². The molecule has 4 rings (SSSR count). The van der Waals surface area contributed by atoms with Crippen molar-refractivity contribution >= 4 is 29.1 Å². The van der Waals surface area contributed by atoms with Crippen molar-refractivity contribution in [1.29, 1.82) is 0 Å². The summed E-state index contributed by atoms with van der Waals surface area (Å²) in [4.78, 5) is 38.8. The second-order valence-electron chi connectivity index (χ2n) is 7.77. The summed E-state index contributed by atoms with van der Waals surface area (Å²) < 4.78 is 5.07. The van der Waals surface area contributed by atoms with E-state index in [1.807, 2.05) is 36.4 Å². The molecule has 1 atom stereocenters. The quantitative estimate of drug-likeness (QED) is 0.596. The fraction of sp³-hybridized carbons (Fsp3) is 0.240. The number of rotatable bonds is 7. The molecule has 0 bridgehead atoms. The zero-order valence-corrected chi connectivity index (χ0v) is 17.8. The first-order chi connectivity index (χ1) is 15.5. The van der Waals surface area contributed by atoms with Gasteiger partial charge in [0, 0.05) is 30.9 Å². The highest BCUT2D eigenvalue weighted by atomic mass is 16.3. The molecule has 1 aromatic heterocycles. The first-order valence-corrected chi connectivity index (χ1v) is 10.6. The van der Waals surface area contributed by atoms with E-state index in [2.05, 4.69) is 17.6 Å². The van der Waals surface area contributed by atoms with Crippen molar-refractivity contribution in [2.24, 2.45) is 5.92 Å². The number of anilines is 2. The third-order valence-corrected chi connectivity index (χ3v) is 5.55. The summed E-state index contributed by atoms with van der Waals surface area (Å²) >= 11 is 0. The highest BCUT2D eigenvalue weighted by Crippen LogP contribution is 2.26. The molecule has 0 aliphatic carbocycles. The molecule has 7 nitrogen and oxygen atoms in total. The maximum absolute atomic E-state index is 12.7. The summed E-state index contributed by atoms with van der Waals surface area (Å²) in [7, 11) is 0. The van der Waals surface area contributed by atoms with Crippen LogP contribution in [0.2, 0.25) is 0 Å². The molecular formula is C25H25N3O4. The lowest BCUT2D eigenvalue weighted by Gasteiger charge is -2.17. The van der Waals surface area contributed by atoms with E-state index in [9.17, 15) is 14.4 Å². The van der Waals surface area contributed by atoms with Gasteiger partial charge in [0.2, 0.25) is 11.8 Å². The fourth-order valence-electron chi connectivity index (χ4n) is 3.72. The molecule has 1 fully saturated rings. The molecule has 3 aromatic rings. The molecule has 3 amide bonds. The van der Waals surface area contributed by atoms with Crippen LogP contribution in [0.1, 0.15) is 35.0 Å². The monoisotopic (exact) mass is 431 g/mol. The summed E-state index contributed by atoms with van der Waals surface area (Å²) in [6.45, 7) is 2.80. The maximum Gasteiger partial charge on any atom is 0.291 e. The van der Waals surface area contributed by atoms with Gasteiger partial charge in [0.1, 0.15) is 0 Å². The minimum Gasteiger partial charge on any atom is -0.459 e. The molecule has 2 aromatic carbocycles. The summed E-state index contributed by atoms with van der Waals surface area (Å²) in [6.07, 6.45) is 2.55. The van der Waals surface area contributed by atoms with Crippen molar-refractivity contribution in [1.82, 2.24) is 5.32 Å². The Morgan fingerprint density at radius 2 is 1.88 bits per heavy atom. The molecular weight excluding hydrogens is 406 g/mol. The van der Waals surface area contributed by atoms with Crippen LogP contribution in [0, 0.1) is 5.92 Å². The minimum atomic E-state index is -0.375. The second kappa shape index (κ2) is 9.51. The Morgan fingerprint density at radius 3 is 2.59 bits per heavy atom. The normalized spacial score (nSPS) is 15.6. The highest BCUT2D eigenvalue weighted by molar-refractivity contribution is 6.02. The van der Waals surface area contributed by atoms with Crippen molar-refractivity contribution in [3.05, 3.63) is 83.8 Å². The van der Waals surface area contributed by atoms with Gasteiger partial charge in [0.25, 0.3) is 5.91 Å². The summed E-state index contributed by atoms with van der Waals surface area (Å²) in [5.74, 6) is -0.628. The summed E-state index contributed by atoms with van der Waals surface area (Å²) in [5.41, 5.74) is 3.53. The number of carbonyl (C=O) groups excluding carboxylic acids is 3. The van der Waals surface area contributed by atoms with Crippen LogP contribution in [0.3, 0.4) is 0 Å². The Balaban J connectivity index is 1.30. The van der Waals surface area contributed by atoms with Gasteiger partial charge < -0.3 is 20.0 Å². The predicted molar refractivity (Wildman–Crippen MR) is 121 cm³/mol. The standard InChI is InChI=1S/C25H25N3O4/c1-2-17-5-3-6-21(13-17)28-16-19(14-23(28)29)24(30)26-15-18-8-10-20(11-9-18)27-25(31)22-7-4-12-32-22/h3-13,19H,2,14-16H2,1H3,(H,26,30)(H,27,31)/t19-/m0/s1. The lowest BCUT2D eigenvalue weighted by Crippen LogP contribution is -2.32. The zero-order chi connectivity index (χ0) is 22.5. The van der Waals surface area contributed by atoms with Crippen LogP contribution in [0.15, 0.2) is 71.3 Å². The van der Waals surface area contributed by atoms with Crippen molar-refractivity contribution in [2.45, 2.75) is 26.3 Å². The van der Waals surface area contributed by atoms with Gasteiger partial charge in [-0.1, -0.05) is 31.2 Å². The molecule has 32 heavy (non-hydrogen) atoms. The molecule has 7 heteroatoms. The zero-order valence-electron chi connectivity index (χ0n) is 17.8. The van der Waals surface area contributed by atoms with Gasteiger partial charge in [-0.3, -0.25) is 14.4 Å². The minimum absolute atomic E-state index is 0.0324. The first kappa shape index (κ1) is 21.4. The van der Waals surface area contributed by atoms with Crippen LogP contribution in [0.5, 0.6) is 0 Å². The van der Waals surface area contributed by atoms with Crippen LogP contribution in [0.4, 0.5) is 11.4 Å². The molecule has 0 spiro atoms. The lowest BCUT2D eigenvalue weighted by atomic mass is 10.1. The maximum atomic E-state index is 12.7. The van der Waals surface area contributed by atoms with Crippen LogP contribution in [-0.2, 0) is 22.6 Å². The van der Waals surface area contributed by atoms with E-state index in [4.69, 9.17) is 4.42 Å². The molecule has 164 valence electrons. The average Bonchev–Trinajstić information content (AvgIpc) is 3.49. The fourth-order valence-corrected chi connectivity index (χ4v) is 3.72. The van der Waals surface area contributed by atoms with Gasteiger partial charge in [-0.2, -0.15) is 0 Å². The van der Waals surface area contributed by atoms with Crippen molar-refractivity contribution in [3.8, 4) is 0 Å². The average molecular weight is 431 g/mol. The van der Waals surface area contributed by atoms with Crippen molar-refractivity contribution < 1.29 is 18.8 Å². The Kier molecular flexibility index (Phi) is 6.35. The number of aryl methyl sites for hydroxylation is 1. The number of nitrogens with one attached hydrogen (secondary N) is 2. The number of hydrogen-bond donors (Lipinski definition) is 2. The molecule has 0 radical (unpaired) electrons. The van der Waals surface area contributed by atoms with Crippen molar-refractivity contribution in [3.63, 3.8) is 0 Å². The topological polar surface area (TPSA) is 91.7 Å². The smallest absolute Gasteiger partial charge is 0.291 e. The number of nitrogens with zero attached hydrogens (tertiary/aromatic N) is 1. The number of benzene rings is 2. The van der Waals surface area contributed by atoms with E-state index in [1.54, 1.807) is 29.2 Å². The Hall–Kier alpha value is -3.87. The van der Waals surface area contributed by atoms with Gasteiger partial charge in [-0.25, -0.2) is 0 Å². The van der Waals surface area contributed by atoms with Crippen LogP contribution >= 0.6 is 0 Å². The van der Waals surface area contributed by atoms with E-state index in [0.717, 1.165) is 23.2 Å². The number of amides is 3. The Labute approximate surface area is 186 Å². The third kappa shape index (κ3) is 4.88. The van der Waals surface area contributed by atoms with Gasteiger partial charge in [-0.15, -0.1) is 0 Å². The van der Waals surface area contributed by atoms with Crippen molar-refractivity contribution in [2.75, 3.05) is 16.8 Å². The molecule has 1 saturated heterocycles. The highest BCUT2D eigenvalue weighted by Gasteiger charge is 2.35. The van der Waals surface area contributed by atoms with E-state index < -0.39 is 0 Å². The van der Waals surface area contributed by atoms with Crippen LogP contribution in [-0.4, -0.2) is 24.3 Å². The van der Waals surface area contributed by atoms with Crippen LogP contribution in [0.25, 0.3) is 0 Å². The molecule has 1 aliphatic heterocycles. The summed E-state index contributed by atoms with van der Waals surface area (Å²) in [5, 5.41) is 5.67. The van der Waals surface area contributed by atoms with Crippen LogP contribution < -0.4 is 15.5 Å². The van der Waals surface area contributed by atoms with Gasteiger partial charge >= 0.3 is 0 Å². The van der Waals surface area contributed by atoms with Gasteiger partial charge in [0.15, 0.2) is 5.76 Å². The van der Waals surface area contributed by atoms with E-state index >= 15 is 0 Å². The first-order valence-electron chi connectivity index (χ1n) is 10.6. The molecule has 1 aliphatic rings. The lowest BCUT2D eigenvalue weighted by molar-refractivity contribution is -0.126. The Bertz CT molecular complexity index is 1110. The largest absolute Gasteiger partial charge is 0.459 e. The van der Waals surface area contributed by atoms with E-state index in [-0.39, 0.29) is 35.8 Å². The van der Waals surface area contributed by atoms with E-state index in [1.165, 1.54) is 6.26 Å². The molecule has 0 saturated carbocycles. The SMILES string of the molecule is CCc1cccc(N2C[C@@H](C(=O)NCc3ccc(NC(=O)c4ccco4)cc3)CC2=O)c1. The summed E-state index contributed by atoms with van der Waals surface area (Å²) in [6, 6.07) is 18.3. The molecule has 2 N–H and O–H groups in total.